The van der Waals surface area contributed by atoms with E-state index in [9.17, 15) is 4.79 Å². The molecule has 2 aromatic heterocycles. The van der Waals surface area contributed by atoms with Crippen LogP contribution in [0.1, 0.15) is 15.9 Å². The lowest BCUT2D eigenvalue weighted by Crippen LogP contribution is -2.43. The van der Waals surface area contributed by atoms with Crippen molar-refractivity contribution in [2.75, 3.05) is 37.6 Å². The summed E-state index contributed by atoms with van der Waals surface area (Å²) in [6, 6.07) is 10.4. The summed E-state index contributed by atoms with van der Waals surface area (Å²) in [4.78, 5) is 19.2. The van der Waals surface area contributed by atoms with Gasteiger partial charge in [-0.25, -0.2) is 4.98 Å². The highest BCUT2D eigenvalue weighted by molar-refractivity contribution is 6.35. The molecule has 6 nitrogen and oxygen atoms in total. The van der Waals surface area contributed by atoms with Crippen molar-refractivity contribution in [2.45, 2.75) is 6.42 Å². The molecule has 1 aliphatic heterocycles. The molecule has 0 bridgehead atoms. The summed E-state index contributed by atoms with van der Waals surface area (Å²) in [5.41, 5.74) is 3.76. The van der Waals surface area contributed by atoms with E-state index in [1.54, 1.807) is 18.5 Å². The van der Waals surface area contributed by atoms with E-state index in [0.717, 1.165) is 43.6 Å². The van der Waals surface area contributed by atoms with Crippen molar-refractivity contribution in [1.29, 1.82) is 0 Å². The van der Waals surface area contributed by atoms with Crippen LogP contribution in [0.3, 0.4) is 0 Å². The van der Waals surface area contributed by atoms with Gasteiger partial charge in [-0.15, -0.1) is 0 Å². The maximum atomic E-state index is 12.4. The Balaban J connectivity index is 1.33. The highest BCUT2D eigenvalue weighted by Crippen LogP contribution is 2.24. The fraction of sp³-hybridized carbons (Fsp3) is 0.333. The molecular formula is C21H24ClN5O. The van der Waals surface area contributed by atoms with Crippen LogP contribution in [0.4, 0.5) is 5.69 Å². The number of nitrogens with one attached hydrogen (secondary N) is 2. The summed E-state index contributed by atoms with van der Waals surface area (Å²) in [6.07, 6.45) is 4.18. The van der Waals surface area contributed by atoms with Crippen molar-refractivity contribution >= 4 is 34.2 Å². The number of piperazine rings is 1. The minimum Gasteiger partial charge on any atom is -0.369 e. The van der Waals surface area contributed by atoms with Gasteiger partial charge in [0.05, 0.1) is 10.6 Å². The summed E-state index contributed by atoms with van der Waals surface area (Å²) in [5.74, 6) is -0.133. The standard InChI is InChI=1S/C21H24ClN5O/c1-26-14-19(22)18-12-16(13-25-20(18)26)21(28)24-7-6-15-2-4-17(5-3-15)27-10-8-23-9-11-27/h2-5,12-14,23H,6-11H2,1H3,(H,24,28). The van der Waals surface area contributed by atoms with Gasteiger partial charge in [-0.2, -0.15) is 0 Å². The molecule has 3 heterocycles. The fourth-order valence-corrected chi connectivity index (χ4v) is 3.84. The average molecular weight is 398 g/mol. The maximum absolute atomic E-state index is 12.4. The van der Waals surface area contributed by atoms with Gasteiger partial charge >= 0.3 is 0 Å². The van der Waals surface area contributed by atoms with Crippen molar-refractivity contribution in [1.82, 2.24) is 20.2 Å². The first kappa shape index (κ1) is 18.8. The van der Waals surface area contributed by atoms with Crippen LogP contribution in [0, 0.1) is 0 Å². The lowest BCUT2D eigenvalue weighted by atomic mass is 10.1. The van der Waals surface area contributed by atoms with E-state index < -0.39 is 0 Å². The molecule has 146 valence electrons. The molecule has 0 radical (unpaired) electrons. The Bertz CT molecular complexity index is 976. The number of hydrogen-bond donors (Lipinski definition) is 2. The molecule has 0 atom stereocenters. The van der Waals surface area contributed by atoms with E-state index in [4.69, 9.17) is 11.6 Å². The molecule has 4 rings (SSSR count). The number of fused-ring (bicyclic) bond motifs is 1. The SMILES string of the molecule is Cn1cc(Cl)c2cc(C(=O)NCCc3ccc(N4CCNCC4)cc3)cnc21. The van der Waals surface area contributed by atoms with Crippen molar-refractivity contribution in [3.05, 3.63) is 58.9 Å². The maximum Gasteiger partial charge on any atom is 0.252 e. The first-order chi connectivity index (χ1) is 13.6. The van der Waals surface area contributed by atoms with Gasteiger partial charge in [-0.3, -0.25) is 4.79 Å². The Kier molecular flexibility index (Phi) is 5.50. The van der Waals surface area contributed by atoms with Gasteiger partial charge in [-0.1, -0.05) is 23.7 Å². The smallest absolute Gasteiger partial charge is 0.252 e. The number of benzene rings is 1. The number of aromatic nitrogens is 2. The Morgan fingerprint density at radius 3 is 2.75 bits per heavy atom. The van der Waals surface area contributed by atoms with Crippen LogP contribution in [-0.4, -0.2) is 48.2 Å². The van der Waals surface area contributed by atoms with E-state index in [1.165, 1.54) is 11.3 Å². The van der Waals surface area contributed by atoms with Crippen molar-refractivity contribution < 1.29 is 4.79 Å². The summed E-state index contributed by atoms with van der Waals surface area (Å²) >= 11 is 6.21. The second-order valence-electron chi connectivity index (χ2n) is 7.09. The Hall–Kier alpha value is -2.57. The van der Waals surface area contributed by atoms with E-state index >= 15 is 0 Å². The van der Waals surface area contributed by atoms with Crippen LogP contribution >= 0.6 is 11.6 Å². The van der Waals surface area contributed by atoms with Crippen LogP contribution < -0.4 is 15.5 Å². The van der Waals surface area contributed by atoms with Gasteiger partial charge in [0.2, 0.25) is 0 Å². The van der Waals surface area contributed by atoms with Crippen LogP contribution in [0.2, 0.25) is 5.02 Å². The van der Waals surface area contributed by atoms with Crippen LogP contribution in [-0.2, 0) is 13.5 Å². The van der Waals surface area contributed by atoms with Gasteiger partial charge < -0.3 is 20.1 Å². The molecular weight excluding hydrogens is 374 g/mol. The molecule has 1 amide bonds. The molecule has 1 aromatic carbocycles. The Morgan fingerprint density at radius 2 is 2.00 bits per heavy atom. The van der Waals surface area contributed by atoms with Gasteiger partial charge in [0, 0.05) is 63.2 Å². The van der Waals surface area contributed by atoms with Crippen LogP contribution in [0.5, 0.6) is 0 Å². The molecule has 0 aliphatic carbocycles. The number of halogens is 1. The predicted octanol–water partition coefficient (Wildman–Crippen LogP) is 2.61. The van der Waals surface area contributed by atoms with Crippen molar-refractivity contribution in [3.8, 4) is 0 Å². The normalized spacial score (nSPS) is 14.4. The van der Waals surface area contributed by atoms with E-state index in [1.807, 2.05) is 11.6 Å². The highest BCUT2D eigenvalue weighted by Gasteiger charge is 2.12. The molecule has 7 heteroatoms. The Morgan fingerprint density at radius 1 is 1.25 bits per heavy atom. The van der Waals surface area contributed by atoms with E-state index in [2.05, 4.69) is 44.8 Å². The molecule has 1 aliphatic rings. The summed E-state index contributed by atoms with van der Waals surface area (Å²) in [6.45, 7) is 4.72. The number of carbonyl (C=O) groups is 1. The lowest BCUT2D eigenvalue weighted by Gasteiger charge is -2.29. The first-order valence-corrected chi connectivity index (χ1v) is 9.93. The lowest BCUT2D eigenvalue weighted by molar-refractivity contribution is 0.0954. The van der Waals surface area contributed by atoms with E-state index in [0.29, 0.717) is 17.1 Å². The van der Waals surface area contributed by atoms with Crippen LogP contribution in [0.15, 0.2) is 42.7 Å². The van der Waals surface area contributed by atoms with Crippen molar-refractivity contribution in [2.24, 2.45) is 7.05 Å². The first-order valence-electron chi connectivity index (χ1n) is 9.55. The Labute approximate surface area is 169 Å². The number of nitrogens with zero attached hydrogens (tertiary/aromatic N) is 3. The fourth-order valence-electron chi connectivity index (χ4n) is 3.56. The quantitative estimate of drug-likeness (QED) is 0.694. The number of rotatable bonds is 5. The summed E-state index contributed by atoms with van der Waals surface area (Å²) in [5, 5.41) is 7.73. The third kappa shape index (κ3) is 3.98. The summed E-state index contributed by atoms with van der Waals surface area (Å²) in [7, 11) is 1.88. The van der Waals surface area contributed by atoms with Gasteiger partial charge in [0.1, 0.15) is 5.65 Å². The van der Waals surface area contributed by atoms with Gasteiger partial charge in [0.15, 0.2) is 0 Å². The zero-order valence-corrected chi connectivity index (χ0v) is 16.7. The number of anilines is 1. The molecule has 1 fully saturated rings. The highest BCUT2D eigenvalue weighted by atomic mass is 35.5. The second kappa shape index (κ2) is 8.20. The molecule has 3 aromatic rings. The van der Waals surface area contributed by atoms with Gasteiger partial charge in [-0.05, 0) is 30.2 Å². The number of pyridine rings is 1. The number of aryl methyl sites for hydroxylation is 1. The van der Waals surface area contributed by atoms with Crippen LogP contribution in [0.25, 0.3) is 11.0 Å². The van der Waals surface area contributed by atoms with Gasteiger partial charge in [0.25, 0.3) is 5.91 Å². The zero-order chi connectivity index (χ0) is 19.5. The number of carbonyl (C=O) groups excluding carboxylic acids is 1. The minimum atomic E-state index is -0.133. The second-order valence-corrected chi connectivity index (χ2v) is 7.50. The monoisotopic (exact) mass is 397 g/mol. The molecule has 0 saturated carbocycles. The summed E-state index contributed by atoms with van der Waals surface area (Å²) < 4.78 is 1.85. The molecule has 28 heavy (non-hydrogen) atoms. The number of hydrogen-bond acceptors (Lipinski definition) is 4. The topological polar surface area (TPSA) is 62.2 Å². The van der Waals surface area contributed by atoms with E-state index in [-0.39, 0.29) is 5.91 Å². The zero-order valence-electron chi connectivity index (χ0n) is 15.9. The minimum absolute atomic E-state index is 0.133. The third-order valence-corrected chi connectivity index (χ3v) is 5.45. The molecule has 1 saturated heterocycles. The molecule has 2 N–H and O–H groups in total. The van der Waals surface area contributed by atoms with Crippen molar-refractivity contribution in [3.63, 3.8) is 0 Å². The predicted molar refractivity (Wildman–Crippen MR) is 113 cm³/mol. The number of amides is 1. The third-order valence-electron chi connectivity index (χ3n) is 5.14. The largest absolute Gasteiger partial charge is 0.369 e. The molecule has 0 spiro atoms. The average Bonchev–Trinajstić information content (AvgIpc) is 3.02. The molecule has 0 unspecified atom stereocenters.